The molecule has 1 fully saturated rings. The molecular weight excluding hydrogens is 278 g/mol. The van der Waals surface area contributed by atoms with E-state index in [1.807, 2.05) is 0 Å². The molecule has 3 unspecified atom stereocenters. The van der Waals surface area contributed by atoms with Gasteiger partial charge in [0.05, 0.1) is 0 Å². The van der Waals surface area contributed by atoms with Gasteiger partial charge in [-0.1, -0.05) is 67.6 Å². The molecule has 2 aromatic carbocycles. The van der Waals surface area contributed by atoms with Gasteiger partial charge in [-0.3, -0.25) is 0 Å². The first-order valence-electron chi connectivity index (χ1n) is 9.15. The molecule has 0 amide bonds. The summed E-state index contributed by atoms with van der Waals surface area (Å²) in [6, 6.07) is 22.6. The van der Waals surface area contributed by atoms with Crippen molar-refractivity contribution in [2.24, 2.45) is 5.92 Å². The van der Waals surface area contributed by atoms with Crippen molar-refractivity contribution in [3.8, 4) is 0 Å². The third kappa shape index (κ3) is 4.68. The van der Waals surface area contributed by atoms with E-state index < -0.39 is 0 Å². The summed E-state index contributed by atoms with van der Waals surface area (Å²) >= 11 is 0. The second-order valence-corrected chi connectivity index (χ2v) is 7.05. The molecule has 0 aromatic heterocycles. The molecule has 23 heavy (non-hydrogen) atoms. The normalized spacial score (nSPS) is 24.5. The Bertz CT molecular complexity index is 563. The summed E-state index contributed by atoms with van der Waals surface area (Å²) in [6.45, 7) is 3.56. The average molecular weight is 307 g/mol. The van der Waals surface area contributed by atoms with Crippen molar-refractivity contribution in [2.45, 2.75) is 51.0 Å². The van der Waals surface area contributed by atoms with Crippen LogP contribution < -0.4 is 5.32 Å². The quantitative estimate of drug-likeness (QED) is 0.725. The van der Waals surface area contributed by atoms with E-state index in [1.165, 1.54) is 43.2 Å². The van der Waals surface area contributed by atoms with Gasteiger partial charge in [-0.25, -0.2) is 0 Å². The number of aryl methyl sites for hydroxylation is 1. The number of nitrogens with one attached hydrogen (secondary N) is 1. The largest absolute Gasteiger partial charge is 0.314 e. The highest BCUT2D eigenvalue weighted by Gasteiger charge is 2.27. The van der Waals surface area contributed by atoms with Crippen molar-refractivity contribution in [1.29, 1.82) is 0 Å². The zero-order valence-corrected chi connectivity index (χ0v) is 14.2. The molecule has 1 nitrogen and oxygen atoms in total. The van der Waals surface area contributed by atoms with Crippen molar-refractivity contribution < 1.29 is 0 Å². The summed E-state index contributed by atoms with van der Waals surface area (Å²) in [7, 11) is 0. The predicted molar refractivity (Wildman–Crippen MR) is 98.8 cm³/mol. The van der Waals surface area contributed by atoms with Gasteiger partial charge in [-0.15, -0.1) is 0 Å². The Balaban J connectivity index is 1.40. The van der Waals surface area contributed by atoms with Gasteiger partial charge < -0.3 is 5.32 Å². The summed E-state index contributed by atoms with van der Waals surface area (Å²) in [6.07, 6.45) is 6.37. The number of benzene rings is 2. The summed E-state index contributed by atoms with van der Waals surface area (Å²) in [4.78, 5) is 0. The molecule has 1 N–H and O–H groups in total. The highest BCUT2D eigenvalue weighted by Crippen LogP contribution is 2.36. The Kier molecular flexibility index (Phi) is 5.87. The van der Waals surface area contributed by atoms with E-state index in [1.54, 1.807) is 0 Å². The van der Waals surface area contributed by atoms with E-state index in [0.29, 0.717) is 6.04 Å². The lowest BCUT2D eigenvalue weighted by molar-refractivity contribution is 0.256. The number of hydrogen-bond donors (Lipinski definition) is 1. The maximum absolute atomic E-state index is 3.81. The van der Waals surface area contributed by atoms with Crippen molar-refractivity contribution in [3.63, 3.8) is 0 Å². The van der Waals surface area contributed by atoms with Crippen molar-refractivity contribution >= 4 is 0 Å². The lowest BCUT2D eigenvalue weighted by Crippen LogP contribution is -2.39. The molecule has 122 valence electrons. The van der Waals surface area contributed by atoms with E-state index in [4.69, 9.17) is 0 Å². The molecular formula is C22H29N. The van der Waals surface area contributed by atoms with Crippen LogP contribution in [-0.4, -0.2) is 12.6 Å². The van der Waals surface area contributed by atoms with Gasteiger partial charge >= 0.3 is 0 Å². The van der Waals surface area contributed by atoms with Crippen LogP contribution in [0.25, 0.3) is 0 Å². The van der Waals surface area contributed by atoms with Crippen LogP contribution in [0.15, 0.2) is 60.7 Å². The summed E-state index contributed by atoms with van der Waals surface area (Å²) in [5.74, 6) is 1.53. The van der Waals surface area contributed by atoms with E-state index in [-0.39, 0.29) is 0 Å². The maximum atomic E-state index is 3.81. The lowest BCUT2D eigenvalue weighted by atomic mass is 9.76. The van der Waals surface area contributed by atoms with Crippen LogP contribution in [0.1, 0.15) is 49.7 Å². The molecule has 0 saturated heterocycles. The predicted octanol–water partition coefficient (Wildman–Crippen LogP) is 5.18. The maximum Gasteiger partial charge on any atom is 0.00931 e. The Hall–Kier alpha value is -1.60. The number of hydrogen-bond acceptors (Lipinski definition) is 1. The minimum Gasteiger partial charge on any atom is -0.314 e. The third-order valence-corrected chi connectivity index (χ3v) is 5.33. The first-order chi connectivity index (χ1) is 11.3. The first-order valence-corrected chi connectivity index (χ1v) is 9.15. The van der Waals surface area contributed by atoms with Crippen LogP contribution in [0.4, 0.5) is 0 Å². The Morgan fingerprint density at radius 1 is 0.913 bits per heavy atom. The van der Waals surface area contributed by atoms with Crippen molar-refractivity contribution in [2.75, 3.05) is 6.54 Å². The van der Waals surface area contributed by atoms with Gasteiger partial charge in [0.15, 0.2) is 0 Å². The molecule has 0 aliphatic heterocycles. The van der Waals surface area contributed by atoms with Crippen LogP contribution in [0.2, 0.25) is 0 Å². The first kappa shape index (κ1) is 16.3. The van der Waals surface area contributed by atoms with E-state index in [2.05, 4.69) is 72.9 Å². The highest BCUT2D eigenvalue weighted by atomic mass is 14.9. The number of rotatable bonds is 6. The van der Waals surface area contributed by atoms with Gasteiger partial charge in [0.25, 0.3) is 0 Å². The molecule has 0 spiro atoms. The second kappa shape index (κ2) is 8.31. The van der Waals surface area contributed by atoms with Gasteiger partial charge in [0.2, 0.25) is 0 Å². The van der Waals surface area contributed by atoms with Gasteiger partial charge in [0.1, 0.15) is 0 Å². The fourth-order valence-corrected chi connectivity index (χ4v) is 3.95. The molecule has 3 rings (SSSR count). The SMILES string of the molecule is CC1CC(c2ccccc2)CCC1NCCCc1ccccc1. The lowest BCUT2D eigenvalue weighted by Gasteiger charge is -2.35. The summed E-state index contributed by atoms with van der Waals surface area (Å²) in [5.41, 5.74) is 2.98. The van der Waals surface area contributed by atoms with E-state index in [9.17, 15) is 0 Å². The fraction of sp³-hybridized carbons (Fsp3) is 0.455. The van der Waals surface area contributed by atoms with Crippen LogP contribution in [-0.2, 0) is 6.42 Å². The molecule has 1 aliphatic carbocycles. The monoisotopic (exact) mass is 307 g/mol. The topological polar surface area (TPSA) is 12.0 Å². The zero-order valence-electron chi connectivity index (χ0n) is 14.2. The standard InChI is InChI=1S/C22H29N/c1-18-17-21(20-12-6-3-7-13-20)14-15-22(18)23-16-8-11-19-9-4-2-5-10-19/h2-7,9-10,12-13,18,21-23H,8,11,14-17H2,1H3. The molecule has 1 saturated carbocycles. The minimum absolute atomic E-state index is 0.700. The smallest absolute Gasteiger partial charge is 0.00931 e. The van der Waals surface area contributed by atoms with Crippen LogP contribution in [0.5, 0.6) is 0 Å². The van der Waals surface area contributed by atoms with Crippen molar-refractivity contribution in [1.82, 2.24) is 5.32 Å². The van der Waals surface area contributed by atoms with Gasteiger partial charge in [-0.2, -0.15) is 0 Å². The third-order valence-electron chi connectivity index (χ3n) is 5.33. The molecule has 3 atom stereocenters. The Labute approximate surface area is 141 Å². The fourth-order valence-electron chi connectivity index (χ4n) is 3.95. The average Bonchev–Trinajstić information content (AvgIpc) is 2.61. The highest BCUT2D eigenvalue weighted by molar-refractivity contribution is 5.20. The molecule has 1 aliphatic rings. The second-order valence-electron chi connectivity index (χ2n) is 7.05. The molecule has 0 heterocycles. The molecule has 0 radical (unpaired) electrons. The van der Waals surface area contributed by atoms with Crippen LogP contribution >= 0.6 is 0 Å². The van der Waals surface area contributed by atoms with Gasteiger partial charge in [0, 0.05) is 6.04 Å². The van der Waals surface area contributed by atoms with Crippen LogP contribution in [0.3, 0.4) is 0 Å². The van der Waals surface area contributed by atoms with E-state index in [0.717, 1.165) is 18.4 Å². The molecule has 0 bridgehead atoms. The molecule has 2 aromatic rings. The van der Waals surface area contributed by atoms with Crippen LogP contribution in [0, 0.1) is 5.92 Å². The van der Waals surface area contributed by atoms with E-state index >= 15 is 0 Å². The summed E-state index contributed by atoms with van der Waals surface area (Å²) in [5, 5.41) is 3.81. The Morgan fingerprint density at radius 3 is 2.30 bits per heavy atom. The summed E-state index contributed by atoms with van der Waals surface area (Å²) < 4.78 is 0. The zero-order chi connectivity index (χ0) is 15.9. The van der Waals surface area contributed by atoms with Gasteiger partial charge in [-0.05, 0) is 61.6 Å². The Morgan fingerprint density at radius 2 is 1.61 bits per heavy atom. The molecule has 1 heteroatoms. The van der Waals surface area contributed by atoms with Crippen molar-refractivity contribution in [3.05, 3.63) is 71.8 Å². The minimum atomic E-state index is 0.700.